The highest BCUT2D eigenvalue weighted by atomic mass is 16.5. The molecule has 0 radical (unpaired) electrons. The molecule has 0 bridgehead atoms. The highest BCUT2D eigenvalue weighted by molar-refractivity contribution is 5.94. The normalized spacial score (nSPS) is 10.4. The quantitative estimate of drug-likeness (QED) is 0.376. The summed E-state index contributed by atoms with van der Waals surface area (Å²) in [6.45, 7) is 0.803. The molecule has 0 aliphatic carbocycles. The molecule has 0 spiro atoms. The minimum Gasteiger partial charge on any atom is -0.399 e. The van der Waals surface area contributed by atoms with Gasteiger partial charge in [0.05, 0.1) is 13.2 Å². The third-order valence-electron chi connectivity index (χ3n) is 2.42. The van der Waals surface area contributed by atoms with E-state index in [2.05, 4.69) is 10.6 Å². The van der Waals surface area contributed by atoms with Gasteiger partial charge >= 0.3 is 0 Å². The van der Waals surface area contributed by atoms with E-state index in [4.69, 9.17) is 10.5 Å². The molecule has 0 atom stereocenters. The number of nitrogen functional groups attached to an aromatic ring is 1. The number of rotatable bonds is 7. The summed E-state index contributed by atoms with van der Waals surface area (Å²) in [5, 5.41) is 5.09. The lowest BCUT2D eigenvalue weighted by Gasteiger charge is -2.04. The SMILES string of the molecule is COCCNC(=O)CNC(=O)/C=C/c1ccc(N)cc1. The fraction of sp³-hybridized carbons (Fsp3) is 0.286. The van der Waals surface area contributed by atoms with Gasteiger partial charge in [-0.25, -0.2) is 0 Å². The van der Waals surface area contributed by atoms with E-state index in [-0.39, 0.29) is 18.4 Å². The van der Waals surface area contributed by atoms with Crippen LogP contribution in [0.15, 0.2) is 30.3 Å². The standard InChI is InChI=1S/C14H19N3O3/c1-20-9-8-16-14(19)10-17-13(18)7-4-11-2-5-12(15)6-3-11/h2-7H,8-10,15H2,1H3,(H,16,19)(H,17,18)/b7-4+. The van der Waals surface area contributed by atoms with Crippen molar-refractivity contribution in [1.82, 2.24) is 10.6 Å². The molecular weight excluding hydrogens is 258 g/mol. The maximum absolute atomic E-state index is 11.5. The number of nitrogens with two attached hydrogens (primary N) is 1. The second kappa shape index (κ2) is 8.71. The predicted octanol–water partition coefficient (Wildman–Crippen LogP) is 0.161. The van der Waals surface area contributed by atoms with Gasteiger partial charge in [-0.1, -0.05) is 12.1 Å². The number of amides is 2. The number of ether oxygens (including phenoxy) is 1. The van der Waals surface area contributed by atoms with Crippen LogP contribution in [0.4, 0.5) is 5.69 Å². The number of anilines is 1. The Kier molecular flexibility index (Phi) is 6.84. The fourth-order valence-corrected chi connectivity index (χ4v) is 1.36. The van der Waals surface area contributed by atoms with Gasteiger partial charge in [0.15, 0.2) is 0 Å². The second-order valence-corrected chi connectivity index (χ2v) is 4.06. The van der Waals surface area contributed by atoms with Crippen LogP contribution < -0.4 is 16.4 Å². The van der Waals surface area contributed by atoms with Gasteiger partial charge in [-0.2, -0.15) is 0 Å². The van der Waals surface area contributed by atoms with Crippen molar-refractivity contribution in [3.05, 3.63) is 35.9 Å². The summed E-state index contributed by atoms with van der Waals surface area (Å²) >= 11 is 0. The predicted molar refractivity (Wildman–Crippen MR) is 77.8 cm³/mol. The topological polar surface area (TPSA) is 93.5 Å². The number of carbonyl (C=O) groups is 2. The molecular formula is C14H19N3O3. The lowest BCUT2D eigenvalue weighted by atomic mass is 10.2. The summed E-state index contributed by atoms with van der Waals surface area (Å²) in [5.74, 6) is -0.583. The van der Waals surface area contributed by atoms with E-state index < -0.39 is 0 Å². The molecule has 6 nitrogen and oxygen atoms in total. The summed E-state index contributed by atoms with van der Waals surface area (Å²) in [7, 11) is 1.55. The first-order valence-electron chi connectivity index (χ1n) is 6.19. The number of hydrogen-bond donors (Lipinski definition) is 3. The van der Waals surface area contributed by atoms with Crippen molar-refractivity contribution in [3.63, 3.8) is 0 Å². The van der Waals surface area contributed by atoms with E-state index in [1.807, 2.05) is 0 Å². The maximum Gasteiger partial charge on any atom is 0.244 e. The summed E-state index contributed by atoms with van der Waals surface area (Å²) < 4.78 is 4.79. The van der Waals surface area contributed by atoms with Gasteiger partial charge in [0.1, 0.15) is 0 Å². The first kappa shape index (κ1) is 15.7. The minimum atomic E-state index is -0.330. The van der Waals surface area contributed by atoms with Crippen LogP contribution in [0.25, 0.3) is 6.08 Å². The largest absolute Gasteiger partial charge is 0.399 e. The average Bonchev–Trinajstić information content (AvgIpc) is 2.45. The Balaban J connectivity index is 2.29. The Morgan fingerprint density at radius 2 is 1.95 bits per heavy atom. The minimum absolute atomic E-state index is 0.0609. The van der Waals surface area contributed by atoms with Crippen LogP contribution in [0.1, 0.15) is 5.56 Å². The molecule has 0 aromatic heterocycles. The van der Waals surface area contributed by atoms with E-state index in [0.29, 0.717) is 18.8 Å². The number of nitrogens with one attached hydrogen (secondary N) is 2. The molecule has 1 rings (SSSR count). The Morgan fingerprint density at radius 3 is 2.60 bits per heavy atom. The van der Waals surface area contributed by atoms with Gasteiger partial charge in [0, 0.05) is 25.4 Å². The zero-order valence-corrected chi connectivity index (χ0v) is 11.4. The average molecular weight is 277 g/mol. The number of carbonyl (C=O) groups excluding carboxylic acids is 2. The Bertz CT molecular complexity index is 469. The van der Waals surface area contributed by atoms with E-state index in [1.54, 1.807) is 37.5 Å². The molecule has 108 valence electrons. The molecule has 0 unspecified atom stereocenters. The van der Waals surface area contributed by atoms with Gasteiger partial charge < -0.3 is 21.1 Å². The van der Waals surface area contributed by atoms with Crippen LogP contribution in [0.2, 0.25) is 0 Å². The summed E-state index contributed by atoms with van der Waals surface area (Å²) in [6, 6.07) is 7.11. The Labute approximate surface area is 118 Å². The molecule has 0 fully saturated rings. The molecule has 0 saturated carbocycles. The van der Waals surface area contributed by atoms with Crippen LogP contribution >= 0.6 is 0 Å². The number of hydrogen-bond acceptors (Lipinski definition) is 4. The van der Waals surface area contributed by atoms with E-state index in [0.717, 1.165) is 5.56 Å². The number of benzene rings is 1. The molecule has 0 saturated heterocycles. The zero-order valence-electron chi connectivity index (χ0n) is 11.4. The van der Waals surface area contributed by atoms with Crippen LogP contribution in [0.5, 0.6) is 0 Å². The first-order chi connectivity index (χ1) is 9.61. The van der Waals surface area contributed by atoms with Crippen molar-refractivity contribution in [2.24, 2.45) is 0 Å². The maximum atomic E-state index is 11.5. The molecule has 0 aliphatic rings. The van der Waals surface area contributed by atoms with Crippen molar-refractivity contribution >= 4 is 23.6 Å². The van der Waals surface area contributed by atoms with Crippen molar-refractivity contribution in [2.45, 2.75) is 0 Å². The molecule has 2 amide bonds. The van der Waals surface area contributed by atoms with Crippen LogP contribution in [-0.2, 0) is 14.3 Å². The molecule has 6 heteroatoms. The Hall–Kier alpha value is -2.34. The highest BCUT2D eigenvalue weighted by Crippen LogP contribution is 2.06. The van der Waals surface area contributed by atoms with Crippen molar-refractivity contribution < 1.29 is 14.3 Å². The van der Waals surface area contributed by atoms with Gasteiger partial charge in [-0.15, -0.1) is 0 Å². The molecule has 0 heterocycles. The lowest BCUT2D eigenvalue weighted by molar-refractivity contribution is -0.124. The van der Waals surface area contributed by atoms with Crippen LogP contribution in [0.3, 0.4) is 0 Å². The van der Waals surface area contributed by atoms with Crippen LogP contribution in [0, 0.1) is 0 Å². The van der Waals surface area contributed by atoms with Gasteiger partial charge in [-0.05, 0) is 23.8 Å². The van der Waals surface area contributed by atoms with E-state index in [1.165, 1.54) is 6.08 Å². The van der Waals surface area contributed by atoms with Crippen LogP contribution in [-0.4, -0.2) is 38.6 Å². The molecule has 1 aromatic carbocycles. The zero-order chi connectivity index (χ0) is 14.8. The first-order valence-corrected chi connectivity index (χ1v) is 6.19. The highest BCUT2D eigenvalue weighted by Gasteiger charge is 2.01. The summed E-state index contributed by atoms with van der Waals surface area (Å²) in [4.78, 5) is 22.8. The second-order valence-electron chi connectivity index (χ2n) is 4.06. The lowest BCUT2D eigenvalue weighted by Crippen LogP contribution is -2.37. The molecule has 4 N–H and O–H groups in total. The van der Waals surface area contributed by atoms with E-state index >= 15 is 0 Å². The Morgan fingerprint density at radius 1 is 1.25 bits per heavy atom. The summed E-state index contributed by atoms with van der Waals surface area (Å²) in [6.07, 6.45) is 3.02. The molecule has 1 aromatic rings. The van der Waals surface area contributed by atoms with Crippen molar-refractivity contribution in [1.29, 1.82) is 0 Å². The van der Waals surface area contributed by atoms with Crippen molar-refractivity contribution in [3.8, 4) is 0 Å². The third kappa shape index (κ3) is 6.55. The van der Waals surface area contributed by atoms with Crippen molar-refractivity contribution in [2.75, 3.05) is 32.5 Å². The number of methoxy groups -OCH3 is 1. The van der Waals surface area contributed by atoms with Gasteiger partial charge in [0.25, 0.3) is 0 Å². The van der Waals surface area contributed by atoms with Gasteiger partial charge in [-0.3, -0.25) is 9.59 Å². The molecule has 0 aliphatic heterocycles. The molecule has 20 heavy (non-hydrogen) atoms. The fourth-order valence-electron chi connectivity index (χ4n) is 1.36. The monoisotopic (exact) mass is 277 g/mol. The summed E-state index contributed by atoms with van der Waals surface area (Å²) in [5.41, 5.74) is 7.08. The van der Waals surface area contributed by atoms with Gasteiger partial charge in [0.2, 0.25) is 11.8 Å². The smallest absolute Gasteiger partial charge is 0.244 e. The third-order valence-corrected chi connectivity index (χ3v) is 2.42. The van der Waals surface area contributed by atoms with E-state index in [9.17, 15) is 9.59 Å².